The summed E-state index contributed by atoms with van der Waals surface area (Å²) in [6, 6.07) is 9.62. The lowest BCUT2D eigenvalue weighted by atomic mass is 9.87. The Bertz CT molecular complexity index is 1180. The maximum absolute atomic E-state index is 15.1. The first-order valence-electron chi connectivity index (χ1n) is 10.3. The van der Waals surface area contributed by atoms with Gasteiger partial charge in [0.05, 0.1) is 15.6 Å². The number of allylic oxidation sites excluding steroid dienone is 1. The van der Waals surface area contributed by atoms with Gasteiger partial charge in [0.25, 0.3) is 5.91 Å². The Labute approximate surface area is 197 Å². The second-order valence-electron chi connectivity index (χ2n) is 8.28. The van der Waals surface area contributed by atoms with Gasteiger partial charge in [-0.15, -0.1) is 0 Å². The Kier molecular flexibility index (Phi) is 6.97. The topological polar surface area (TPSA) is 56.1 Å². The smallest absolute Gasteiger partial charge is 0.266 e. The molecule has 0 unspecified atom stereocenters. The Balaban J connectivity index is 1.98. The minimum absolute atomic E-state index is 0.175. The van der Waals surface area contributed by atoms with Crippen molar-refractivity contribution < 1.29 is 9.18 Å². The van der Waals surface area contributed by atoms with Crippen LogP contribution in [0, 0.1) is 17.1 Å². The van der Waals surface area contributed by atoms with Crippen molar-refractivity contribution in [3.63, 3.8) is 0 Å². The summed E-state index contributed by atoms with van der Waals surface area (Å²) in [5.41, 5.74) is 2.80. The zero-order valence-electron chi connectivity index (χ0n) is 18.4. The summed E-state index contributed by atoms with van der Waals surface area (Å²) in [4.78, 5) is 14.8. The molecule has 3 rings (SSSR count). The van der Waals surface area contributed by atoms with Gasteiger partial charge in [-0.1, -0.05) is 36.2 Å². The van der Waals surface area contributed by atoms with Gasteiger partial charge in [0.2, 0.25) is 0 Å². The standard InChI is InChI=1S/C25H24Cl2FN3O/c1-5-8-31-23-12-22(28)16(10-19(23)15(2)13-25(31,3)4)9-17(14-29)24(32)30-18-6-7-20(26)21(27)11-18/h6-7,9-13H,5,8H2,1-4H3,(H,30,32)/b17-9+. The van der Waals surface area contributed by atoms with E-state index >= 15 is 4.39 Å². The van der Waals surface area contributed by atoms with Crippen LogP contribution >= 0.6 is 23.2 Å². The fraction of sp³-hybridized carbons (Fsp3) is 0.280. The Morgan fingerprint density at radius 1 is 1.25 bits per heavy atom. The number of halogens is 3. The number of nitrogens with zero attached hydrogens (tertiary/aromatic N) is 2. The third-order valence-electron chi connectivity index (χ3n) is 5.39. The molecule has 0 bridgehead atoms. The number of carbonyl (C=O) groups is 1. The summed E-state index contributed by atoms with van der Waals surface area (Å²) in [5, 5.41) is 12.7. The van der Waals surface area contributed by atoms with Crippen molar-refractivity contribution in [3.8, 4) is 6.07 Å². The maximum atomic E-state index is 15.1. The van der Waals surface area contributed by atoms with E-state index in [1.165, 1.54) is 24.3 Å². The zero-order valence-corrected chi connectivity index (χ0v) is 19.9. The largest absolute Gasteiger partial charge is 0.362 e. The average molecular weight is 472 g/mol. The molecular formula is C25H24Cl2FN3O. The molecule has 0 saturated carbocycles. The van der Waals surface area contributed by atoms with Crippen molar-refractivity contribution in [3.05, 3.63) is 69.0 Å². The second kappa shape index (κ2) is 9.36. The van der Waals surface area contributed by atoms with Gasteiger partial charge in [-0.05, 0) is 69.2 Å². The molecule has 0 aromatic heterocycles. The molecule has 0 spiro atoms. The van der Waals surface area contributed by atoms with Crippen LogP contribution in [0.3, 0.4) is 0 Å². The van der Waals surface area contributed by atoms with Gasteiger partial charge in [-0.25, -0.2) is 4.39 Å². The van der Waals surface area contributed by atoms with E-state index in [0.29, 0.717) is 10.7 Å². The number of fused-ring (bicyclic) bond motifs is 1. The monoisotopic (exact) mass is 471 g/mol. The molecule has 2 aromatic rings. The quantitative estimate of drug-likeness (QED) is 0.373. The number of hydrogen-bond donors (Lipinski definition) is 1. The normalized spacial score (nSPS) is 15.0. The highest BCUT2D eigenvalue weighted by molar-refractivity contribution is 6.42. The maximum Gasteiger partial charge on any atom is 0.266 e. The molecular weight excluding hydrogens is 448 g/mol. The summed E-state index contributed by atoms with van der Waals surface area (Å²) in [6.45, 7) is 9.05. The molecule has 0 saturated heterocycles. The molecule has 0 fully saturated rings. The molecule has 4 nitrogen and oxygen atoms in total. The van der Waals surface area contributed by atoms with E-state index < -0.39 is 11.7 Å². The summed E-state index contributed by atoms with van der Waals surface area (Å²) in [6.07, 6.45) is 4.34. The van der Waals surface area contributed by atoms with Gasteiger partial charge in [0.15, 0.2) is 0 Å². The van der Waals surface area contributed by atoms with E-state index in [-0.39, 0.29) is 21.7 Å². The average Bonchev–Trinajstić information content (AvgIpc) is 2.72. The molecule has 1 heterocycles. The first kappa shape index (κ1) is 23.8. The summed E-state index contributed by atoms with van der Waals surface area (Å²) < 4.78 is 15.1. The molecule has 1 amide bonds. The summed E-state index contributed by atoms with van der Waals surface area (Å²) >= 11 is 11.9. The molecule has 1 aliphatic rings. The molecule has 166 valence electrons. The first-order chi connectivity index (χ1) is 15.1. The first-order valence-corrected chi connectivity index (χ1v) is 11.0. The van der Waals surface area contributed by atoms with Gasteiger partial charge in [0, 0.05) is 29.0 Å². The predicted molar refractivity (Wildman–Crippen MR) is 130 cm³/mol. The van der Waals surface area contributed by atoms with Crippen molar-refractivity contribution in [1.29, 1.82) is 5.26 Å². The van der Waals surface area contributed by atoms with Crippen LogP contribution in [-0.2, 0) is 4.79 Å². The highest BCUT2D eigenvalue weighted by Gasteiger charge is 2.31. The SMILES string of the molecule is CCCN1c2cc(F)c(/C=C(\C#N)C(=O)Nc3ccc(Cl)c(Cl)c3)cc2C(C)=CC1(C)C. The summed E-state index contributed by atoms with van der Waals surface area (Å²) in [5.74, 6) is -1.16. The van der Waals surface area contributed by atoms with Crippen LogP contribution in [0.5, 0.6) is 0 Å². The second-order valence-corrected chi connectivity index (χ2v) is 9.09. The van der Waals surface area contributed by atoms with E-state index in [4.69, 9.17) is 23.2 Å². The molecule has 1 aliphatic heterocycles. The number of hydrogen-bond acceptors (Lipinski definition) is 3. The van der Waals surface area contributed by atoms with E-state index in [1.54, 1.807) is 12.1 Å². The van der Waals surface area contributed by atoms with Crippen LogP contribution in [0.15, 0.2) is 42.0 Å². The fourth-order valence-electron chi connectivity index (χ4n) is 3.93. The van der Waals surface area contributed by atoms with Crippen molar-refractivity contribution >= 4 is 52.1 Å². The third kappa shape index (κ3) is 4.82. The number of anilines is 2. The highest BCUT2D eigenvalue weighted by atomic mass is 35.5. The van der Waals surface area contributed by atoms with Crippen molar-refractivity contribution in [2.75, 3.05) is 16.8 Å². The van der Waals surface area contributed by atoms with Gasteiger partial charge in [-0.3, -0.25) is 4.79 Å². The van der Waals surface area contributed by atoms with Crippen molar-refractivity contribution in [1.82, 2.24) is 0 Å². The van der Waals surface area contributed by atoms with Gasteiger partial charge in [0.1, 0.15) is 17.5 Å². The molecule has 32 heavy (non-hydrogen) atoms. The van der Waals surface area contributed by atoms with Crippen LogP contribution in [0.2, 0.25) is 10.0 Å². The predicted octanol–water partition coefficient (Wildman–Crippen LogP) is 7.09. The van der Waals surface area contributed by atoms with Crippen LogP contribution in [-0.4, -0.2) is 18.0 Å². The van der Waals surface area contributed by atoms with Crippen molar-refractivity contribution in [2.24, 2.45) is 0 Å². The lowest BCUT2D eigenvalue weighted by molar-refractivity contribution is -0.112. The van der Waals surface area contributed by atoms with E-state index in [0.717, 1.165) is 29.8 Å². The van der Waals surface area contributed by atoms with Crippen molar-refractivity contribution in [2.45, 2.75) is 39.7 Å². The number of benzene rings is 2. The fourth-order valence-corrected chi connectivity index (χ4v) is 4.23. The molecule has 0 aliphatic carbocycles. The number of rotatable bonds is 5. The number of nitriles is 1. The van der Waals surface area contributed by atoms with Crippen LogP contribution in [0.4, 0.5) is 15.8 Å². The molecule has 0 atom stereocenters. The number of amides is 1. The minimum atomic E-state index is -0.663. The number of carbonyl (C=O) groups excluding carboxylic acids is 1. The third-order valence-corrected chi connectivity index (χ3v) is 6.12. The van der Waals surface area contributed by atoms with E-state index in [1.807, 2.05) is 13.0 Å². The Hall–Kier alpha value is -2.81. The van der Waals surface area contributed by atoms with Gasteiger partial charge in [-0.2, -0.15) is 5.26 Å². The lowest BCUT2D eigenvalue weighted by Gasteiger charge is -2.43. The number of nitrogens with one attached hydrogen (secondary N) is 1. The van der Waals surface area contributed by atoms with E-state index in [9.17, 15) is 10.1 Å². The molecule has 1 N–H and O–H groups in total. The van der Waals surface area contributed by atoms with Crippen LogP contribution in [0.25, 0.3) is 11.6 Å². The molecule has 2 aromatic carbocycles. The molecule has 0 radical (unpaired) electrons. The Morgan fingerprint density at radius 2 is 1.97 bits per heavy atom. The van der Waals surface area contributed by atoms with Crippen LogP contribution in [0.1, 0.15) is 45.2 Å². The van der Waals surface area contributed by atoms with Gasteiger partial charge >= 0.3 is 0 Å². The van der Waals surface area contributed by atoms with E-state index in [2.05, 4.69) is 37.1 Å². The summed E-state index contributed by atoms with van der Waals surface area (Å²) in [7, 11) is 0. The molecule has 7 heteroatoms. The lowest BCUT2D eigenvalue weighted by Crippen LogP contribution is -2.45. The zero-order chi connectivity index (χ0) is 23.6. The van der Waals surface area contributed by atoms with Crippen LogP contribution < -0.4 is 10.2 Å². The minimum Gasteiger partial charge on any atom is -0.362 e. The van der Waals surface area contributed by atoms with Gasteiger partial charge < -0.3 is 10.2 Å². The Morgan fingerprint density at radius 3 is 2.59 bits per heavy atom. The highest BCUT2D eigenvalue weighted by Crippen LogP contribution is 2.40.